The van der Waals surface area contributed by atoms with Crippen molar-refractivity contribution in [2.75, 3.05) is 4.90 Å². The Morgan fingerprint density at radius 1 is 1.00 bits per heavy atom. The molecule has 1 heterocycles. The molecule has 106 valence electrons. The van der Waals surface area contributed by atoms with E-state index in [1.165, 1.54) is 23.1 Å². The highest BCUT2D eigenvalue weighted by atomic mass is 19.1. The van der Waals surface area contributed by atoms with Crippen LogP contribution in [0.25, 0.3) is 0 Å². The fraction of sp³-hybridized carbons (Fsp3) is 0.125. The maximum absolute atomic E-state index is 13.3. The second-order valence-corrected chi connectivity index (χ2v) is 4.86. The SMILES string of the molecule is O=C1C(=O)N(Cc2ccc(CO)cc2)c2cc(F)ccc21. The molecule has 0 radical (unpaired) electrons. The van der Waals surface area contributed by atoms with Gasteiger partial charge in [0.2, 0.25) is 0 Å². The molecule has 1 N–H and O–H groups in total. The van der Waals surface area contributed by atoms with Crippen LogP contribution in [0.5, 0.6) is 0 Å². The highest BCUT2D eigenvalue weighted by Gasteiger charge is 2.35. The van der Waals surface area contributed by atoms with E-state index in [4.69, 9.17) is 5.11 Å². The number of carbonyl (C=O) groups is 2. The van der Waals surface area contributed by atoms with Gasteiger partial charge < -0.3 is 10.0 Å². The predicted molar refractivity (Wildman–Crippen MR) is 74.3 cm³/mol. The van der Waals surface area contributed by atoms with Crippen molar-refractivity contribution < 1.29 is 19.1 Å². The van der Waals surface area contributed by atoms with Gasteiger partial charge in [0.25, 0.3) is 11.7 Å². The van der Waals surface area contributed by atoms with Crippen molar-refractivity contribution in [2.45, 2.75) is 13.2 Å². The van der Waals surface area contributed by atoms with Crippen LogP contribution < -0.4 is 4.90 Å². The molecule has 4 nitrogen and oxygen atoms in total. The van der Waals surface area contributed by atoms with Crippen molar-refractivity contribution in [1.82, 2.24) is 0 Å². The van der Waals surface area contributed by atoms with Crippen molar-refractivity contribution in [3.8, 4) is 0 Å². The Kier molecular flexibility index (Phi) is 3.27. The van der Waals surface area contributed by atoms with E-state index in [0.29, 0.717) is 5.69 Å². The summed E-state index contributed by atoms with van der Waals surface area (Å²) in [6.07, 6.45) is 0. The van der Waals surface area contributed by atoms with E-state index in [1.54, 1.807) is 24.3 Å². The third-order valence-corrected chi connectivity index (χ3v) is 3.48. The third kappa shape index (κ3) is 2.32. The van der Waals surface area contributed by atoms with E-state index in [2.05, 4.69) is 0 Å². The van der Waals surface area contributed by atoms with E-state index in [1.807, 2.05) is 0 Å². The Bertz CT molecular complexity index is 725. The van der Waals surface area contributed by atoms with Gasteiger partial charge in [0, 0.05) is 0 Å². The smallest absolute Gasteiger partial charge is 0.299 e. The summed E-state index contributed by atoms with van der Waals surface area (Å²) in [4.78, 5) is 25.1. The van der Waals surface area contributed by atoms with Crippen LogP contribution in [0.2, 0.25) is 0 Å². The molecule has 2 aromatic carbocycles. The Balaban J connectivity index is 1.93. The van der Waals surface area contributed by atoms with Gasteiger partial charge in [-0.1, -0.05) is 24.3 Å². The number of Topliss-reactive ketones (excluding diaryl/α,β-unsaturated/α-hetero) is 1. The van der Waals surface area contributed by atoms with Crippen LogP contribution in [0.4, 0.5) is 10.1 Å². The highest BCUT2D eigenvalue weighted by molar-refractivity contribution is 6.52. The first kappa shape index (κ1) is 13.5. The van der Waals surface area contributed by atoms with Gasteiger partial charge in [-0.25, -0.2) is 4.39 Å². The summed E-state index contributed by atoms with van der Waals surface area (Å²) in [5.41, 5.74) is 2.09. The van der Waals surface area contributed by atoms with Gasteiger partial charge in [-0.3, -0.25) is 9.59 Å². The van der Waals surface area contributed by atoms with Crippen molar-refractivity contribution in [1.29, 1.82) is 0 Å². The summed E-state index contributed by atoms with van der Waals surface area (Å²) in [5.74, 6) is -1.75. The summed E-state index contributed by atoms with van der Waals surface area (Å²) in [6, 6.07) is 10.7. The molecule has 0 spiro atoms. The molecule has 0 atom stereocenters. The van der Waals surface area contributed by atoms with Crippen molar-refractivity contribution in [3.63, 3.8) is 0 Å². The van der Waals surface area contributed by atoms with Crippen LogP contribution >= 0.6 is 0 Å². The number of aliphatic hydroxyl groups is 1. The lowest BCUT2D eigenvalue weighted by Crippen LogP contribution is -2.29. The first-order valence-corrected chi connectivity index (χ1v) is 6.44. The van der Waals surface area contributed by atoms with Crippen molar-refractivity contribution >= 4 is 17.4 Å². The number of hydrogen-bond acceptors (Lipinski definition) is 3. The molecular weight excluding hydrogens is 273 g/mol. The molecular formula is C16H12FNO3. The molecule has 0 saturated carbocycles. The van der Waals surface area contributed by atoms with Gasteiger partial charge in [0.1, 0.15) is 5.82 Å². The largest absolute Gasteiger partial charge is 0.392 e. The molecule has 5 heteroatoms. The maximum Gasteiger partial charge on any atom is 0.299 e. The second-order valence-electron chi connectivity index (χ2n) is 4.86. The third-order valence-electron chi connectivity index (χ3n) is 3.48. The minimum Gasteiger partial charge on any atom is -0.392 e. The minimum atomic E-state index is -0.651. The highest BCUT2D eigenvalue weighted by Crippen LogP contribution is 2.30. The molecule has 1 aliphatic heterocycles. The number of benzene rings is 2. The number of aliphatic hydroxyl groups excluding tert-OH is 1. The second kappa shape index (κ2) is 5.10. The Morgan fingerprint density at radius 3 is 2.33 bits per heavy atom. The Morgan fingerprint density at radius 2 is 1.67 bits per heavy atom. The average Bonchev–Trinajstić information content (AvgIpc) is 2.73. The van der Waals surface area contributed by atoms with Gasteiger partial charge >= 0.3 is 0 Å². The molecule has 0 bridgehead atoms. The fourth-order valence-electron chi connectivity index (χ4n) is 2.36. The Labute approximate surface area is 120 Å². The summed E-state index contributed by atoms with van der Waals surface area (Å²) < 4.78 is 13.3. The number of fused-ring (bicyclic) bond motifs is 1. The fourth-order valence-corrected chi connectivity index (χ4v) is 2.36. The molecule has 1 aliphatic rings. The zero-order chi connectivity index (χ0) is 15.0. The van der Waals surface area contributed by atoms with E-state index in [0.717, 1.165) is 11.1 Å². The molecule has 0 saturated heterocycles. The normalized spacial score (nSPS) is 13.7. The zero-order valence-corrected chi connectivity index (χ0v) is 11.0. The van der Waals surface area contributed by atoms with Crippen LogP contribution in [-0.4, -0.2) is 16.8 Å². The van der Waals surface area contributed by atoms with Crippen molar-refractivity contribution in [3.05, 3.63) is 65.0 Å². The van der Waals surface area contributed by atoms with Crippen LogP contribution in [0.1, 0.15) is 21.5 Å². The number of anilines is 1. The topological polar surface area (TPSA) is 57.6 Å². The molecule has 1 amide bonds. The van der Waals surface area contributed by atoms with E-state index in [9.17, 15) is 14.0 Å². The lowest BCUT2D eigenvalue weighted by molar-refractivity contribution is -0.114. The van der Waals surface area contributed by atoms with Crippen molar-refractivity contribution in [2.24, 2.45) is 0 Å². The average molecular weight is 285 g/mol. The first-order chi connectivity index (χ1) is 10.1. The molecule has 0 aliphatic carbocycles. The maximum atomic E-state index is 13.3. The summed E-state index contributed by atoms with van der Waals surface area (Å²) >= 11 is 0. The number of rotatable bonds is 3. The molecule has 0 aromatic heterocycles. The Hall–Kier alpha value is -2.53. The minimum absolute atomic E-state index is 0.0601. The summed E-state index contributed by atoms with van der Waals surface area (Å²) in [6.45, 7) is 0.127. The predicted octanol–water partition coefficient (Wildman–Crippen LogP) is 2.05. The number of carbonyl (C=O) groups excluding carboxylic acids is 2. The quantitative estimate of drug-likeness (QED) is 0.878. The molecule has 21 heavy (non-hydrogen) atoms. The van der Waals surface area contributed by atoms with E-state index in [-0.39, 0.29) is 18.7 Å². The van der Waals surface area contributed by atoms with Gasteiger partial charge in [0.15, 0.2) is 0 Å². The molecule has 2 aromatic rings. The van der Waals surface area contributed by atoms with Crippen LogP contribution in [0.3, 0.4) is 0 Å². The molecule has 0 unspecified atom stereocenters. The summed E-state index contributed by atoms with van der Waals surface area (Å²) in [7, 11) is 0. The van der Waals surface area contributed by atoms with Crippen LogP contribution in [0, 0.1) is 5.82 Å². The van der Waals surface area contributed by atoms with E-state index < -0.39 is 17.5 Å². The number of halogens is 1. The first-order valence-electron chi connectivity index (χ1n) is 6.44. The standard InChI is InChI=1S/C16H12FNO3/c17-12-5-6-13-14(7-12)18(16(21)15(13)20)8-10-1-3-11(9-19)4-2-10/h1-7,19H,8-9H2. The monoisotopic (exact) mass is 285 g/mol. The number of hydrogen-bond donors (Lipinski definition) is 1. The number of amides is 1. The van der Waals surface area contributed by atoms with Gasteiger partial charge in [0.05, 0.1) is 24.4 Å². The van der Waals surface area contributed by atoms with Gasteiger partial charge in [-0.05, 0) is 29.3 Å². The summed E-state index contributed by atoms with van der Waals surface area (Å²) in [5, 5.41) is 9.00. The molecule has 0 fully saturated rings. The molecule has 3 rings (SSSR count). The zero-order valence-electron chi connectivity index (χ0n) is 11.0. The number of ketones is 1. The van der Waals surface area contributed by atoms with Crippen LogP contribution in [-0.2, 0) is 17.9 Å². The number of nitrogens with zero attached hydrogens (tertiary/aromatic N) is 1. The lowest BCUT2D eigenvalue weighted by atomic mass is 10.1. The van der Waals surface area contributed by atoms with Crippen LogP contribution in [0.15, 0.2) is 42.5 Å². The van der Waals surface area contributed by atoms with Gasteiger partial charge in [-0.2, -0.15) is 0 Å². The van der Waals surface area contributed by atoms with E-state index >= 15 is 0 Å². The lowest BCUT2D eigenvalue weighted by Gasteiger charge is -2.16. The van der Waals surface area contributed by atoms with Gasteiger partial charge in [-0.15, -0.1) is 0 Å².